The Morgan fingerprint density at radius 3 is 2.11 bits per heavy atom. The average Bonchev–Trinajstić information content (AvgIpc) is 2.37. The summed E-state index contributed by atoms with van der Waals surface area (Å²) in [5, 5.41) is 0. The second-order valence-electron chi connectivity index (χ2n) is 4.71. The molecule has 102 valence electrons. The molecule has 0 saturated heterocycles. The van der Waals surface area contributed by atoms with Crippen LogP contribution in [-0.4, -0.2) is 20.5 Å². The normalized spacial score (nSPS) is 12.7. The van der Waals surface area contributed by atoms with Gasteiger partial charge in [-0.15, -0.1) is 0 Å². The second-order valence-corrected chi connectivity index (χ2v) is 6.47. The van der Waals surface area contributed by atoms with Crippen LogP contribution in [0.5, 0.6) is 0 Å². The molecule has 0 aromatic heterocycles. The Morgan fingerprint density at radius 1 is 1.17 bits per heavy atom. The zero-order valence-electron chi connectivity index (χ0n) is 11.2. The van der Waals surface area contributed by atoms with Gasteiger partial charge < -0.3 is 5.73 Å². The van der Waals surface area contributed by atoms with Crippen LogP contribution in [0.3, 0.4) is 0 Å². The third kappa shape index (κ3) is 3.80. The summed E-state index contributed by atoms with van der Waals surface area (Å²) in [5.74, 6) is 0. The molecule has 0 fully saturated rings. The van der Waals surface area contributed by atoms with Gasteiger partial charge in [-0.3, -0.25) is 0 Å². The Bertz CT molecular complexity index is 476. The second kappa shape index (κ2) is 5.82. The van der Waals surface area contributed by atoms with Gasteiger partial charge in [0.25, 0.3) is 0 Å². The van der Waals surface area contributed by atoms with Crippen molar-refractivity contribution >= 4 is 10.0 Å². The predicted molar refractivity (Wildman–Crippen MR) is 73.9 cm³/mol. The summed E-state index contributed by atoms with van der Waals surface area (Å²) in [6.07, 6.45) is 1.47. The maximum absolute atomic E-state index is 12.1. The molecule has 1 aromatic rings. The summed E-state index contributed by atoms with van der Waals surface area (Å²) >= 11 is 0. The van der Waals surface area contributed by atoms with E-state index in [2.05, 4.69) is 4.72 Å². The quantitative estimate of drug-likeness (QED) is 0.828. The molecule has 0 aliphatic heterocycles. The van der Waals surface area contributed by atoms with Crippen molar-refractivity contribution in [3.05, 3.63) is 29.8 Å². The van der Waals surface area contributed by atoms with Crippen LogP contribution in [0.4, 0.5) is 0 Å². The van der Waals surface area contributed by atoms with E-state index in [1.165, 1.54) is 0 Å². The molecule has 0 unspecified atom stereocenters. The lowest BCUT2D eigenvalue weighted by Gasteiger charge is -2.26. The number of rotatable bonds is 6. The first kappa shape index (κ1) is 15.1. The summed E-state index contributed by atoms with van der Waals surface area (Å²) in [7, 11) is -3.46. The average molecular weight is 270 g/mol. The first-order valence-electron chi connectivity index (χ1n) is 6.18. The highest BCUT2D eigenvalue weighted by molar-refractivity contribution is 7.89. The van der Waals surface area contributed by atoms with E-state index in [-0.39, 0.29) is 11.4 Å². The van der Waals surface area contributed by atoms with E-state index in [0.29, 0.717) is 0 Å². The van der Waals surface area contributed by atoms with Crippen molar-refractivity contribution in [1.82, 2.24) is 4.72 Å². The van der Waals surface area contributed by atoms with Crippen LogP contribution in [0.15, 0.2) is 29.2 Å². The predicted octanol–water partition coefficient (Wildman–Crippen LogP) is 1.79. The maximum atomic E-state index is 12.1. The molecule has 5 heteroatoms. The molecule has 1 rings (SSSR count). The third-order valence-corrected chi connectivity index (χ3v) is 4.77. The lowest BCUT2D eigenvalue weighted by atomic mass is 9.95. The zero-order valence-corrected chi connectivity index (χ0v) is 12.0. The fourth-order valence-corrected chi connectivity index (χ4v) is 2.68. The molecule has 0 heterocycles. The first-order chi connectivity index (χ1) is 8.33. The minimum atomic E-state index is -3.46. The first-order valence-corrected chi connectivity index (χ1v) is 7.66. The molecule has 4 nitrogen and oxygen atoms in total. The summed E-state index contributed by atoms with van der Waals surface area (Å²) in [4.78, 5) is 0.280. The summed E-state index contributed by atoms with van der Waals surface area (Å²) in [6, 6.07) is 6.77. The molecule has 0 bridgehead atoms. The Hall–Kier alpha value is -0.910. The van der Waals surface area contributed by atoms with Gasteiger partial charge in [-0.2, -0.15) is 0 Å². The maximum Gasteiger partial charge on any atom is 0.240 e. The lowest BCUT2D eigenvalue weighted by Crippen LogP contribution is -2.49. The molecule has 0 radical (unpaired) electrons. The van der Waals surface area contributed by atoms with Crippen molar-refractivity contribution in [2.45, 2.75) is 44.0 Å². The molecule has 0 aliphatic rings. The monoisotopic (exact) mass is 270 g/mol. The van der Waals surface area contributed by atoms with E-state index in [1.54, 1.807) is 24.3 Å². The molecule has 0 saturated carbocycles. The molecular formula is C13H22N2O2S. The largest absolute Gasteiger partial charge is 0.324 e. The van der Waals surface area contributed by atoms with Gasteiger partial charge in [-0.1, -0.05) is 31.5 Å². The third-order valence-electron chi connectivity index (χ3n) is 3.35. The zero-order chi connectivity index (χ0) is 13.8. The number of aryl methyl sites for hydroxylation is 1. The number of nitrogens with one attached hydrogen (secondary N) is 1. The highest BCUT2D eigenvalue weighted by Crippen LogP contribution is 2.13. The minimum Gasteiger partial charge on any atom is -0.324 e. The van der Waals surface area contributed by atoms with E-state index >= 15 is 0 Å². The van der Waals surface area contributed by atoms with Crippen molar-refractivity contribution < 1.29 is 8.42 Å². The Labute approximate surface area is 110 Å². The fourth-order valence-electron chi connectivity index (χ4n) is 1.54. The molecule has 1 aromatic carbocycles. The number of benzene rings is 1. The highest BCUT2D eigenvalue weighted by Gasteiger charge is 2.23. The number of nitrogens with two attached hydrogens (primary N) is 1. The highest BCUT2D eigenvalue weighted by atomic mass is 32.2. The van der Waals surface area contributed by atoms with Crippen LogP contribution in [-0.2, 0) is 10.0 Å². The molecule has 0 spiro atoms. The van der Waals surface area contributed by atoms with Crippen molar-refractivity contribution in [2.75, 3.05) is 6.54 Å². The lowest BCUT2D eigenvalue weighted by molar-refractivity contribution is 0.392. The van der Waals surface area contributed by atoms with Crippen LogP contribution >= 0.6 is 0 Å². The summed E-state index contributed by atoms with van der Waals surface area (Å²) < 4.78 is 26.7. The van der Waals surface area contributed by atoms with E-state index in [4.69, 9.17) is 5.73 Å². The molecule has 0 atom stereocenters. The number of hydrogen-bond donors (Lipinski definition) is 2. The Kier molecular flexibility index (Phi) is 4.90. The van der Waals surface area contributed by atoms with Gasteiger partial charge in [-0.05, 0) is 31.9 Å². The molecule has 0 amide bonds. The van der Waals surface area contributed by atoms with Crippen molar-refractivity contribution in [3.63, 3.8) is 0 Å². The van der Waals surface area contributed by atoms with Gasteiger partial charge in [0, 0.05) is 12.1 Å². The van der Waals surface area contributed by atoms with Gasteiger partial charge in [0.2, 0.25) is 10.0 Å². The van der Waals surface area contributed by atoms with Crippen LogP contribution in [0.2, 0.25) is 0 Å². The van der Waals surface area contributed by atoms with E-state index in [9.17, 15) is 8.42 Å². The Balaban J connectivity index is 2.80. The van der Waals surface area contributed by atoms with E-state index in [1.807, 2.05) is 20.8 Å². The van der Waals surface area contributed by atoms with Crippen molar-refractivity contribution in [1.29, 1.82) is 0 Å². The van der Waals surface area contributed by atoms with Gasteiger partial charge >= 0.3 is 0 Å². The van der Waals surface area contributed by atoms with Crippen LogP contribution in [0, 0.1) is 6.92 Å². The standard InChI is InChI=1S/C13H22N2O2S/c1-4-13(14,5-2)10-15-18(16,17)12-8-6-11(3)7-9-12/h6-9,15H,4-5,10,14H2,1-3H3. The molecule has 18 heavy (non-hydrogen) atoms. The minimum absolute atomic E-state index is 0.260. The van der Waals surface area contributed by atoms with Gasteiger partial charge in [-0.25, -0.2) is 13.1 Å². The number of sulfonamides is 1. The van der Waals surface area contributed by atoms with Crippen LogP contribution in [0.1, 0.15) is 32.3 Å². The van der Waals surface area contributed by atoms with Gasteiger partial charge in [0.15, 0.2) is 0 Å². The number of hydrogen-bond acceptors (Lipinski definition) is 3. The summed E-state index contributed by atoms with van der Waals surface area (Å²) in [5.41, 5.74) is 6.64. The molecule has 0 aliphatic carbocycles. The molecule has 3 N–H and O–H groups in total. The van der Waals surface area contributed by atoms with Crippen LogP contribution in [0.25, 0.3) is 0 Å². The molecular weight excluding hydrogens is 248 g/mol. The van der Waals surface area contributed by atoms with Gasteiger partial charge in [0.05, 0.1) is 4.90 Å². The SMILES string of the molecule is CCC(N)(CC)CNS(=O)(=O)c1ccc(C)cc1. The van der Waals surface area contributed by atoms with Gasteiger partial charge in [0.1, 0.15) is 0 Å². The Morgan fingerprint density at radius 2 is 1.67 bits per heavy atom. The van der Waals surface area contributed by atoms with Crippen molar-refractivity contribution in [2.24, 2.45) is 5.73 Å². The van der Waals surface area contributed by atoms with Crippen LogP contribution < -0.4 is 10.5 Å². The summed E-state index contributed by atoms with van der Waals surface area (Å²) in [6.45, 7) is 6.10. The van der Waals surface area contributed by atoms with E-state index in [0.717, 1.165) is 18.4 Å². The van der Waals surface area contributed by atoms with E-state index < -0.39 is 15.6 Å². The smallest absolute Gasteiger partial charge is 0.240 e. The van der Waals surface area contributed by atoms with Crippen molar-refractivity contribution in [3.8, 4) is 0 Å². The fraction of sp³-hybridized carbons (Fsp3) is 0.538. The topological polar surface area (TPSA) is 72.2 Å².